The van der Waals surface area contributed by atoms with Crippen molar-refractivity contribution in [2.75, 3.05) is 40.8 Å². The van der Waals surface area contributed by atoms with Crippen LogP contribution in [0.25, 0.3) is 0 Å². The third-order valence-electron chi connectivity index (χ3n) is 5.41. The number of carbonyl (C=O) groups is 1. The van der Waals surface area contributed by atoms with Crippen LogP contribution in [0.3, 0.4) is 0 Å². The van der Waals surface area contributed by atoms with Crippen molar-refractivity contribution in [1.82, 2.24) is 25.3 Å². The summed E-state index contributed by atoms with van der Waals surface area (Å²) in [6.07, 6.45) is 6.12. The standard InChI is InChI=1S/C20H37N5O/c1-15(2)13-25(5)20(26)17-8-6-16(7-9-17)19-18(12-22-23-19)14-24(4)11-10-21-3/h12,15-17,21H,6-11,13-14H2,1-5H3,(H,22,23)/t16-,17-. The zero-order valence-electron chi connectivity index (χ0n) is 17.2. The van der Waals surface area contributed by atoms with Crippen molar-refractivity contribution in [2.24, 2.45) is 11.8 Å². The van der Waals surface area contributed by atoms with Gasteiger partial charge in [0.15, 0.2) is 0 Å². The first-order chi connectivity index (χ1) is 12.4. The molecule has 1 saturated carbocycles. The van der Waals surface area contributed by atoms with E-state index < -0.39 is 0 Å². The second-order valence-electron chi connectivity index (χ2n) is 8.30. The monoisotopic (exact) mass is 363 g/mol. The Balaban J connectivity index is 1.88. The maximum Gasteiger partial charge on any atom is 0.225 e. The molecule has 2 rings (SSSR count). The zero-order chi connectivity index (χ0) is 19.1. The van der Waals surface area contributed by atoms with Crippen molar-refractivity contribution >= 4 is 5.91 Å². The quantitative estimate of drug-likeness (QED) is 0.707. The number of nitrogens with one attached hydrogen (secondary N) is 2. The Labute approximate surface area is 158 Å². The number of hydrogen-bond acceptors (Lipinski definition) is 4. The van der Waals surface area contributed by atoms with Crippen LogP contribution >= 0.6 is 0 Å². The summed E-state index contributed by atoms with van der Waals surface area (Å²) in [6.45, 7) is 8.09. The van der Waals surface area contributed by atoms with E-state index in [1.807, 2.05) is 25.2 Å². The molecule has 0 saturated heterocycles. The molecule has 0 spiro atoms. The molecule has 0 aromatic carbocycles. The molecule has 26 heavy (non-hydrogen) atoms. The molecule has 0 atom stereocenters. The molecule has 1 fully saturated rings. The first-order valence-corrected chi connectivity index (χ1v) is 10.0. The summed E-state index contributed by atoms with van der Waals surface area (Å²) in [5.41, 5.74) is 2.51. The van der Waals surface area contributed by atoms with Crippen LogP contribution in [0, 0.1) is 11.8 Å². The van der Waals surface area contributed by atoms with Crippen molar-refractivity contribution in [3.05, 3.63) is 17.5 Å². The van der Waals surface area contributed by atoms with Gasteiger partial charge >= 0.3 is 0 Å². The Kier molecular flexibility index (Phi) is 8.10. The number of hydrogen-bond donors (Lipinski definition) is 2. The molecule has 0 radical (unpaired) electrons. The minimum atomic E-state index is 0.190. The lowest BCUT2D eigenvalue weighted by molar-refractivity contribution is -0.135. The maximum absolute atomic E-state index is 12.6. The topological polar surface area (TPSA) is 64.3 Å². The van der Waals surface area contributed by atoms with Gasteiger partial charge in [-0.3, -0.25) is 9.89 Å². The Morgan fingerprint density at radius 3 is 2.62 bits per heavy atom. The van der Waals surface area contributed by atoms with E-state index in [0.717, 1.165) is 51.9 Å². The molecule has 1 aromatic heterocycles. The van der Waals surface area contributed by atoms with E-state index >= 15 is 0 Å². The fourth-order valence-corrected chi connectivity index (χ4v) is 4.04. The molecule has 1 aromatic rings. The number of carbonyl (C=O) groups excluding carboxylic acids is 1. The molecule has 2 N–H and O–H groups in total. The Morgan fingerprint density at radius 2 is 2.00 bits per heavy atom. The smallest absolute Gasteiger partial charge is 0.225 e. The molecule has 1 aliphatic carbocycles. The van der Waals surface area contributed by atoms with Gasteiger partial charge < -0.3 is 15.1 Å². The summed E-state index contributed by atoms with van der Waals surface area (Å²) in [5, 5.41) is 10.8. The molecule has 0 unspecified atom stereocenters. The van der Waals surface area contributed by atoms with Crippen LogP contribution in [0.5, 0.6) is 0 Å². The fraction of sp³-hybridized carbons (Fsp3) is 0.800. The Hall–Kier alpha value is -1.40. The second-order valence-corrected chi connectivity index (χ2v) is 8.30. The van der Waals surface area contributed by atoms with Crippen molar-refractivity contribution in [1.29, 1.82) is 0 Å². The van der Waals surface area contributed by atoms with Gasteiger partial charge in [0.1, 0.15) is 0 Å². The van der Waals surface area contributed by atoms with Crippen LogP contribution in [-0.4, -0.2) is 66.7 Å². The molecular formula is C20H37N5O. The maximum atomic E-state index is 12.6. The number of aromatic nitrogens is 2. The summed E-state index contributed by atoms with van der Waals surface area (Å²) < 4.78 is 0. The van der Waals surface area contributed by atoms with Gasteiger partial charge in [-0.15, -0.1) is 0 Å². The molecule has 0 aliphatic heterocycles. The molecule has 0 bridgehead atoms. The zero-order valence-corrected chi connectivity index (χ0v) is 17.2. The molecular weight excluding hydrogens is 326 g/mol. The second kappa shape index (κ2) is 10.1. The van der Waals surface area contributed by atoms with Gasteiger partial charge in [0.05, 0.1) is 5.69 Å². The van der Waals surface area contributed by atoms with Crippen LogP contribution in [0.4, 0.5) is 0 Å². The highest BCUT2D eigenvalue weighted by Crippen LogP contribution is 2.37. The van der Waals surface area contributed by atoms with E-state index in [9.17, 15) is 4.79 Å². The average Bonchev–Trinajstić information content (AvgIpc) is 3.06. The van der Waals surface area contributed by atoms with Crippen LogP contribution in [0.15, 0.2) is 6.20 Å². The summed E-state index contributed by atoms with van der Waals surface area (Å²) in [5.74, 6) is 1.52. The van der Waals surface area contributed by atoms with E-state index in [1.165, 1.54) is 11.3 Å². The number of amides is 1. The predicted molar refractivity (Wildman–Crippen MR) is 106 cm³/mol. The lowest BCUT2D eigenvalue weighted by Crippen LogP contribution is -2.37. The minimum Gasteiger partial charge on any atom is -0.345 e. The van der Waals surface area contributed by atoms with Crippen LogP contribution in [0.1, 0.15) is 56.7 Å². The van der Waals surface area contributed by atoms with Crippen LogP contribution in [-0.2, 0) is 11.3 Å². The Bertz CT molecular complexity index is 548. The van der Waals surface area contributed by atoms with Crippen LogP contribution < -0.4 is 5.32 Å². The molecule has 1 amide bonds. The number of H-pyrrole nitrogens is 1. The van der Waals surface area contributed by atoms with Gasteiger partial charge in [-0.2, -0.15) is 5.10 Å². The number of nitrogens with zero attached hydrogens (tertiary/aromatic N) is 3. The number of rotatable bonds is 9. The van der Waals surface area contributed by atoms with Crippen molar-refractivity contribution < 1.29 is 4.79 Å². The van der Waals surface area contributed by atoms with Crippen molar-refractivity contribution in [3.8, 4) is 0 Å². The lowest BCUT2D eigenvalue weighted by Gasteiger charge is -2.31. The molecule has 1 aliphatic rings. The van der Waals surface area contributed by atoms with Crippen molar-refractivity contribution in [3.63, 3.8) is 0 Å². The van der Waals surface area contributed by atoms with E-state index in [-0.39, 0.29) is 5.92 Å². The van der Waals surface area contributed by atoms with E-state index in [1.54, 1.807) is 0 Å². The van der Waals surface area contributed by atoms with Gasteiger partial charge in [-0.25, -0.2) is 0 Å². The van der Waals surface area contributed by atoms with Gasteiger partial charge in [0, 0.05) is 56.8 Å². The summed E-state index contributed by atoms with van der Waals surface area (Å²) >= 11 is 0. The molecule has 1 heterocycles. The SMILES string of the molecule is CNCCN(C)Cc1c[nH]nc1[C@H]1CC[C@H](C(=O)N(C)CC(C)C)CC1. The molecule has 6 heteroatoms. The minimum absolute atomic E-state index is 0.190. The van der Waals surface area contributed by atoms with E-state index in [4.69, 9.17) is 0 Å². The van der Waals surface area contributed by atoms with Gasteiger partial charge in [-0.1, -0.05) is 13.8 Å². The highest BCUT2D eigenvalue weighted by molar-refractivity contribution is 5.78. The Morgan fingerprint density at radius 1 is 1.31 bits per heavy atom. The van der Waals surface area contributed by atoms with Crippen LogP contribution in [0.2, 0.25) is 0 Å². The summed E-state index contributed by atoms with van der Waals surface area (Å²) in [7, 11) is 6.07. The summed E-state index contributed by atoms with van der Waals surface area (Å²) in [6, 6.07) is 0. The van der Waals surface area contributed by atoms with Gasteiger partial charge in [-0.05, 0) is 45.7 Å². The lowest BCUT2D eigenvalue weighted by atomic mass is 9.79. The van der Waals surface area contributed by atoms with Gasteiger partial charge in [0.2, 0.25) is 5.91 Å². The third-order valence-corrected chi connectivity index (χ3v) is 5.41. The number of likely N-dealkylation sites (N-methyl/N-ethyl adjacent to an activating group) is 2. The first-order valence-electron chi connectivity index (χ1n) is 10.0. The average molecular weight is 364 g/mol. The summed E-state index contributed by atoms with van der Waals surface area (Å²) in [4.78, 5) is 16.9. The highest BCUT2D eigenvalue weighted by Gasteiger charge is 2.31. The molecule has 148 valence electrons. The van der Waals surface area contributed by atoms with Gasteiger partial charge in [0.25, 0.3) is 0 Å². The first kappa shape index (κ1) is 20.9. The van der Waals surface area contributed by atoms with E-state index in [2.05, 4.69) is 41.3 Å². The normalized spacial score (nSPS) is 20.7. The number of aromatic amines is 1. The predicted octanol–water partition coefficient (Wildman–Crippen LogP) is 2.45. The van der Waals surface area contributed by atoms with E-state index in [0.29, 0.717) is 17.7 Å². The van der Waals surface area contributed by atoms with Crippen molar-refractivity contribution in [2.45, 2.75) is 52.0 Å². The molecule has 6 nitrogen and oxygen atoms in total. The highest BCUT2D eigenvalue weighted by atomic mass is 16.2. The fourth-order valence-electron chi connectivity index (χ4n) is 4.04. The third kappa shape index (κ3) is 5.81. The largest absolute Gasteiger partial charge is 0.345 e.